The molecule has 1 aliphatic heterocycles. The number of amides is 1. The maximum atomic E-state index is 12.3. The summed E-state index contributed by atoms with van der Waals surface area (Å²) in [5.74, 6) is -1.42. The Morgan fingerprint density at radius 1 is 1.21 bits per heavy atom. The molecule has 0 aliphatic carbocycles. The molecule has 1 heterocycles. The topological polar surface area (TPSA) is 77.8 Å². The van der Waals surface area contributed by atoms with E-state index in [1.54, 1.807) is 17.1 Å². The van der Waals surface area contributed by atoms with Crippen molar-refractivity contribution in [1.29, 1.82) is 0 Å². The van der Waals surface area contributed by atoms with Crippen molar-refractivity contribution in [2.24, 2.45) is 5.92 Å². The van der Waals surface area contributed by atoms with Gasteiger partial charge in [0, 0.05) is 31.8 Å². The number of piperidine rings is 1. The number of nitrogens with zero attached hydrogens (tertiary/aromatic N) is 1. The molecule has 1 fully saturated rings. The molecule has 0 radical (unpaired) electrons. The molecule has 0 aromatic heterocycles. The zero-order chi connectivity index (χ0) is 14.5. The van der Waals surface area contributed by atoms with Gasteiger partial charge in [-0.2, -0.15) is 0 Å². The number of aliphatic hydroxyl groups is 1. The number of hydrogen-bond donors (Lipinski definition) is 2. The van der Waals surface area contributed by atoms with Gasteiger partial charge in [0.2, 0.25) is 5.91 Å². The smallest absolute Gasteiger partial charge is 0.335 e. The molecule has 5 nitrogen and oxygen atoms in total. The van der Waals surface area contributed by atoms with E-state index in [4.69, 9.17) is 5.11 Å². The molecule has 0 atom stereocenters. The predicted molar refractivity (Wildman–Crippen MR) is 71.5 cm³/mol. The molecule has 0 spiro atoms. The highest BCUT2D eigenvalue weighted by Gasteiger charge is 2.41. The molecule has 1 aliphatic rings. The van der Waals surface area contributed by atoms with Gasteiger partial charge in [0.05, 0.1) is 0 Å². The Kier molecular flexibility index (Phi) is 5.30. The third-order valence-electron chi connectivity index (χ3n) is 3.55. The molecule has 5 heteroatoms. The minimum atomic E-state index is -1.69. The maximum absolute atomic E-state index is 12.3. The van der Waals surface area contributed by atoms with Crippen LogP contribution in [0.5, 0.6) is 0 Å². The Balaban J connectivity index is 2.63. The third-order valence-corrected chi connectivity index (χ3v) is 3.55. The molecule has 0 saturated carbocycles. The quantitative estimate of drug-likeness (QED) is 0.709. The van der Waals surface area contributed by atoms with Crippen LogP contribution in [0.4, 0.5) is 0 Å². The first-order valence-corrected chi connectivity index (χ1v) is 6.41. The van der Waals surface area contributed by atoms with Crippen molar-refractivity contribution in [2.75, 3.05) is 13.1 Å². The molecule has 1 amide bonds. The number of likely N-dealkylation sites (tertiary alicyclic amines) is 1. The van der Waals surface area contributed by atoms with Gasteiger partial charge >= 0.3 is 5.97 Å². The number of carbonyl (C=O) groups is 2. The number of hydrogen-bond acceptors (Lipinski definition) is 3. The summed E-state index contributed by atoms with van der Waals surface area (Å²) >= 11 is 0. The largest absolute Gasteiger partial charge is 0.479 e. The van der Waals surface area contributed by atoms with E-state index < -0.39 is 11.6 Å². The summed E-state index contributed by atoms with van der Waals surface area (Å²) in [6, 6.07) is 0. The van der Waals surface area contributed by atoms with Crippen molar-refractivity contribution in [3.05, 3.63) is 25.3 Å². The molecular formula is C14H21NO4. The monoisotopic (exact) mass is 267 g/mol. The fourth-order valence-electron chi connectivity index (χ4n) is 2.27. The number of carboxylic acid groups (broad SMARTS) is 1. The van der Waals surface area contributed by atoms with Crippen LogP contribution in [0.25, 0.3) is 0 Å². The van der Waals surface area contributed by atoms with E-state index in [1.807, 2.05) is 0 Å². The van der Waals surface area contributed by atoms with Crippen LogP contribution in [0.3, 0.4) is 0 Å². The Hall–Kier alpha value is -1.62. The van der Waals surface area contributed by atoms with Crippen LogP contribution in [-0.4, -0.2) is 45.7 Å². The average Bonchev–Trinajstić information content (AvgIpc) is 2.38. The Morgan fingerprint density at radius 3 is 2.05 bits per heavy atom. The molecular weight excluding hydrogens is 246 g/mol. The van der Waals surface area contributed by atoms with E-state index in [1.165, 1.54) is 0 Å². The van der Waals surface area contributed by atoms with Gasteiger partial charge in [0.15, 0.2) is 5.60 Å². The minimum Gasteiger partial charge on any atom is -0.479 e. The molecule has 1 saturated heterocycles. The van der Waals surface area contributed by atoms with E-state index in [2.05, 4.69) is 13.2 Å². The molecule has 106 valence electrons. The molecule has 1 rings (SSSR count). The summed E-state index contributed by atoms with van der Waals surface area (Å²) in [6.07, 6.45) is 4.69. The van der Waals surface area contributed by atoms with Gasteiger partial charge in [-0.1, -0.05) is 12.2 Å². The zero-order valence-corrected chi connectivity index (χ0v) is 11.0. The van der Waals surface area contributed by atoms with Crippen molar-refractivity contribution in [3.63, 3.8) is 0 Å². The van der Waals surface area contributed by atoms with Crippen molar-refractivity contribution in [2.45, 2.75) is 31.3 Å². The van der Waals surface area contributed by atoms with Crippen LogP contribution < -0.4 is 0 Å². The predicted octanol–water partition coefficient (Wildman–Crippen LogP) is 1.19. The summed E-state index contributed by atoms with van der Waals surface area (Å²) in [6.45, 7) is 7.81. The van der Waals surface area contributed by atoms with Gasteiger partial charge in [-0.15, -0.1) is 13.2 Å². The summed E-state index contributed by atoms with van der Waals surface area (Å²) in [7, 11) is 0. The number of carbonyl (C=O) groups excluding carboxylic acids is 1. The first kappa shape index (κ1) is 15.4. The summed E-state index contributed by atoms with van der Waals surface area (Å²) in [4.78, 5) is 24.8. The van der Waals surface area contributed by atoms with Crippen LogP contribution in [0.1, 0.15) is 25.7 Å². The highest BCUT2D eigenvalue weighted by Crippen LogP contribution is 2.25. The standard InChI is InChI=1S/C14H21NO4/c1-3-5-11(6-4-2)12(16)15-9-7-14(19,8-10-15)13(17)18/h3-4,11,19H,1-2,5-10H2,(H,17,18). The molecule has 0 unspecified atom stereocenters. The fourth-order valence-corrected chi connectivity index (χ4v) is 2.27. The van der Waals surface area contributed by atoms with E-state index >= 15 is 0 Å². The van der Waals surface area contributed by atoms with Crippen molar-refractivity contribution in [3.8, 4) is 0 Å². The van der Waals surface area contributed by atoms with Crippen LogP contribution >= 0.6 is 0 Å². The van der Waals surface area contributed by atoms with Crippen LogP contribution in [0, 0.1) is 5.92 Å². The number of aliphatic carboxylic acids is 1. The maximum Gasteiger partial charge on any atom is 0.335 e. The van der Waals surface area contributed by atoms with Gasteiger partial charge in [0.25, 0.3) is 0 Å². The average molecular weight is 267 g/mol. The van der Waals surface area contributed by atoms with Crippen LogP contribution in [-0.2, 0) is 9.59 Å². The SMILES string of the molecule is C=CCC(CC=C)C(=O)N1CCC(O)(C(=O)O)CC1. The normalized spacial score (nSPS) is 18.1. The van der Waals surface area contributed by atoms with E-state index in [-0.39, 0.29) is 37.8 Å². The number of allylic oxidation sites excluding steroid dienone is 2. The van der Waals surface area contributed by atoms with Crippen LogP contribution in [0.15, 0.2) is 25.3 Å². The van der Waals surface area contributed by atoms with Gasteiger partial charge in [-0.05, 0) is 12.8 Å². The minimum absolute atomic E-state index is 0.0211. The Morgan fingerprint density at radius 2 is 1.68 bits per heavy atom. The lowest BCUT2D eigenvalue weighted by Gasteiger charge is -2.36. The van der Waals surface area contributed by atoms with E-state index in [9.17, 15) is 14.7 Å². The van der Waals surface area contributed by atoms with Crippen LogP contribution in [0.2, 0.25) is 0 Å². The number of rotatable bonds is 6. The lowest BCUT2D eigenvalue weighted by Crippen LogP contribution is -2.51. The Bertz CT molecular complexity index is 360. The first-order valence-electron chi connectivity index (χ1n) is 6.41. The van der Waals surface area contributed by atoms with Crippen molar-refractivity contribution < 1.29 is 19.8 Å². The molecule has 19 heavy (non-hydrogen) atoms. The fraction of sp³-hybridized carbons (Fsp3) is 0.571. The van der Waals surface area contributed by atoms with E-state index in [0.29, 0.717) is 12.8 Å². The lowest BCUT2D eigenvalue weighted by atomic mass is 9.90. The molecule has 0 aromatic carbocycles. The van der Waals surface area contributed by atoms with Gasteiger partial charge < -0.3 is 15.1 Å². The highest BCUT2D eigenvalue weighted by atomic mass is 16.4. The first-order chi connectivity index (χ1) is 8.94. The number of carboxylic acids is 1. The molecule has 2 N–H and O–H groups in total. The second-order valence-corrected chi connectivity index (χ2v) is 4.91. The van der Waals surface area contributed by atoms with Gasteiger partial charge in [0.1, 0.15) is 0 Å². The van der Waals surface area contributed by atoms with Crippen molar-refractivity contribution >= 4 is 11.9 Å². The van der Waals surface area contributed by atoms with Gasteiger partial charge in [-0.3, -0.25) is 4.79 Å². The second kappa shape index (κ2) is 6.52. The zero-order valence-electron chi connectivity index (χ0n) is 11.0. The lowest BCUT2D eigenvalue weighted by molar-refractivity contribution is -0.165. The van der Waals surface area contributed by atoms with Crippen molar-refractivity contribution in [1.82, 2.24) is 4.90 Å². The summed E-state index contributed by atoms with van der Waals surface area (Å²) in [5, 5.41) is 18.7. The van der Waals surface area contributed by atoms with E-state index in [0.717, 1.165) is 0 Å². The molecule has 0 aromatic rings. The summed E-state index contributed by atoms with van der Waals surface area (Å²) in [5.41, 5.74) is -1.69. The third kappa shape index (κ3) is 3.67. The Labute approximate surface area is 113 Å². The van der Waals surface area contributed by atoms with Gasteiger partial charge in [-0.25, -0.2) is 4.79 Å². The second-order valence-electron chi connectivity index (χ2n) is 4.91. The summed E-state index contributed by atoms with van der Waals surface area (Å²) < 4.78 is 0. The molecule has 0 bridgehead atoms. The highest BCUT2D eigenvalue weighted by molar-refractivity contribution is 5.81.